The van der Waals surface area contributed by atoms with Crippen molar-refractivity contribution in [2.45, 2.75) is 38.3 Å². The number of Topliss-reactive ketones (excluding diaryl/α,β-unsaturated/α-hetero) is 2. The monoisotopic (exact) mass is 530 g/mol. The second-order valence-corrected chi connectivity index (χ2v) is 10.6. The average molecular weight is 531 g/mol. The molecule has 7 N–H and O–H groups in total. The highest BCUT2D eigenvalue weighted by molar-refractivity contribution is 6.24. The number of carbonyl (C=O) groups is 3. The minimum atomic E-state index is -2.78. The lowest BCUT2D eigenvalue weighted by Crippen LogP contribution is -2.65. The standard InChI is InChI=1S/C25H30N4O9/c1-9(2)8-27-13-7-14(29(37)38)19(30)16-11(13)5-10-6-12-18(28(3)4)21(32)17(24(26)35)23(34)25(12,36)22(33)15(10)20(16)31/h7,9-10,12,18,27,30-31,34,36H,5-6,8H2,1-4H3,(H2,26,35)/t10?,12?,18-,25-/m0/s1. The molecule has 1 amide bonds. The summed E-state index contributed by atoms with van der Waals surface area (Å²) < 4.78 is 0. The number of nitrogens with zero attached hydrogens (tertiary/aromatic N) is 2. The van der Waals surface area contributed by atoms with Crippen molar-refractivity contribution >= 4 is 34.6 Å². The third-order valence-corrected chi connectivity index (χ3v) is 7.60. The molecule has 2 unspecified atom stereocenters. The number of anilines is 1. The molecule has 0 spiro atoms. The van der Waals surface area contributed by atoms with E-state index in [0.717, 1.165) is 6.07 Å². The van der Waals surface area contributed by atoms with Crippen molar-refractivity contribution < 1.29 is 39.7 Å². The van der Waals surface area contributed by atoms with E-state index in [0.29, 0.717) is 17.8 Å². The third-order valence-electron chi connectivity index (χ3n) is 7.60. The van der Waals surface area contributed by atoms with Crippen LogP contribution in [0.4, 0.5) is 11.4 Å². The molecule has 0 saturated heterocycles. The van der Waals surface area contributed by atoms with Gasteiger partial charge in [0.15, 0.2) is 11.4 Å². The minimum Gasteiger partial charge on any atom is -0.508 e. The van der Waals surface area contributed by atoms with Crippen molar-refractivity contribution in [1.82, 2.24) is 4.90 Å². The molecule has 13 nitrogen and oxygen atoms in total. The number of aliphatic hydroxyl groups is 3. The van der Waals surface area contributed by atoms with Gasteiger partial charge in [-0.15, -0.1) is 0 Å². The lowest BCUT2D eigenvalue weighted by atomic mass is 9.57. The van der Waals surface area contributed by atoms with Gasteiger partial charge in [0.25, 0.3) is 5.91 Å². The SMILES string of the molecule is CC(C)CNc1cc([N+](=O)[O-])c(O)c2c1CC1CC3[C@H](N(C)C)C(=O)C(C(N)=O)=C(O)[C@@]3(O)C(=O)C1=C2O. The number of rotatable bonds is 6. The molecule has 1 aromatic carbocycles. The van der Waals surface area contributed by atoms with E-state index in [1.165, 1.54) is 19.0 Å². The predicted molar refractivity (Wildman–Crippen MR) is 134 cm³/mol. The van der Waals surface area contributed by atoms with E-state index in [4.69, 9.17) is 5.73 Å². The summed E-state index contributed by atoms with van der Waals surface area (Å²) in [5, 5.41) is 59.3. The van der Waals surface area contributed by atoms with Crippen LogP contribution in [0, 0.1) is 27.9 Å². The van der Waals surface area contributed by atoms with E-state index in [2.05, 4.69) is 5.32 Å². The lowest BCUT2D eigenvalue weighted by molar-refractivity contribution is -0.385. The number of phenols is 1. The number of nitro groups is 1. The van der Waals surface area contributed by atoms with E-state index in [-0.39, 0.29) is 29.9 Å². The van der Waals surface area contributed by atoms with Crippen LogP contribution in [0.5, 0.6) is 5.75 Å². The number of hydrogen-bond acceptors (Lipinski definition) is 11. The summed E-state index contributed by atoms with van der Waals surface area (Å²) in [5.74, 6) is -8.03. The maximum absolute atomic E-state index is 13.8. The van der Waals surface area contributed by atoms with E-state index in [9.17, 15) is 44.9 Å². The van der Waals surface area contributed by atoms with Gasteiger partial charge in [-0.05, 0) is 44.3 Å². The Balaban J connectivity index is 1.98. The molecule has 4 rings (SSSR count). The zero-order chi connectivity index (χ0) is 28.4. The van der Waals surface area contributed by atoms with E-state index < -0.39 is 74.4 Å². The highest BCUT2D eigenvalue weighted by atomic mass is 16.6. The number of nitrogens with one attached hydrogen (secondary N) is 1. The average Bonchev–Trinajstić information content (AvgIpc) is 2.80. The quantitative estimate of drug-likeness (QED) is 0.132. The second kappa shape index (κ2) is 9.10. The number of phenolic OH excluding ortho intramolecular Hbond substituents is 1. The molecule has 1 aromatic rings. The van der Waals surface area contributed by atoms with Gasteiger partial charge in [0.1, 0.15) is 17.1 Å². The number of primary amides is 1. The van der Waals surface area contributed by atoms with Gasteiger partial charge in [-0.2, -0.15) is 0 Å². The number of likely N-dealkylation sites (N-methyl/N-ethyl adjacent to an activating group) is 1. The zero-order valence-electron chi connectivity index (χ0n) is 21.3. The Bertz CT molecular complexity index is 1350. The Morgan fingerprint density at radius 2 is 1.92 bits per heavy atom. The molecule has 13 heteroatoms. The summed E-state index contributed by atoms with van der Waals surface area (Å²) in [6, 6.07) is -0.0350. The Kier molecular flexibility index (Phi) is 6.48. The minimum absolute atomic E-state index is 0.0283. The van der Waals surface area contributed by atoms with Crippen molar-refractivity contribution in [3.8, 4) is 5.75 Å². The first-order valence-corrected chi connectivity index (χ1v) is 12.1. The number of nitro benzene ring substituents is 1. The van der Waals surface area contributed by atoms with Crippen LogP contribution >= 0.6 is 0 Å². The fourth-order valence-corrected chi connectivity index (χ4v) is 5.91. The van der Waals surface area contributed by atoms with Crippen molar-refractivity contribution in [2.24, 2.45) is 23.5 Å². The van der Waals surface area contributed by atoms with Gasteiger partial charge in [0.05, 0.1) is 16.5 Å². The van der Waals surface area contributed by atoms with Crippen molar-refractivity contribution in [2.75, 3.05) is 26.0 Å². The van der Waals surface area contributed by atoms with Crippen LogP contribution in [0.3, 0.4) is 0 Å². The molecule has 1 fully saturated rings. The Hall–Kier alpha value is -3.97. The van der Waals surface area contributed by atoms with Crippen LogP contribution in [-0.4, -0.2) is 80.0 Å². The highest BCUT2D eigenvalue weighted by Gasteiger charge is 2.64. The van der Waals surface area contributed by atoms with Gasteiger partial charge in [0.2, 0.25) is 11.5 Å². The molecule has 38 heavy (non-hydrogen) atoms. The molecule has 0 heterocycles. The summed E-state index contributed by atoms with van der Waals surface area (Å²) in [6.45, 7) is 4.27. The van der Waals surface area contributed by atoms with Gasteiger partial charge >= 0.3 is 5.69 Å². The lowest BCUT2D eigenvalue weighted by Gasteiger charge is -2.50. The molecule has 0 aromatic heterocycles. The summed E-state index contributed by atoms with van der Waals surface area (Å²) in [6.07, 6.45) is -0.0480. The van der Waals surface area contributed by atoms with Crippen LogP contribution in [0.15, 0.2) is 23.0 Å². The number of aromatic hydroxyl groups is 1. The molecule has 0 bridgehead atoms. The fourth-order valence-electron chi connectivity index (χ4n) is 5.91. The summed E-state index contributed by atoms with van der Waals surface area (Å²) in [4.78, 5) is 51.3. The second-order valence-electron chi connectivity index (χ2n) is 10.6. The maximum Gasteiger partial charge on any atom is 0.313 e. The van der Waals surface area contributed by atoms with Gasteiger partial charge in [-0.3, -0.25) is 29.4 Å². The number of amides is 1. The van der Waals surface area contributed by atoms with Crippen LogP contribution in [-0.2, 0) is 20.8 Å². The highest BCUT2D eigenvalue weighted by Crippen LogP contribution is 2.54. The molecule has 3 aliphatic rings. The van der Waals surface area contributed by atoms with Crippen LogP contribution in [0.25, 0.3) is 5.76 Å². The van der Waals surface area contributed by atoms with E-state index in [1.807, 2.05) is 13.8 Å². The summed E-state index contributed by atoms with van der Waals surface area (Å²) in [7, 11) is 3.02. The van der Waals surface area contributed by atoms with Crippen molar-refractivity contribution in [3.05, 3.63) is 44.2 Å². The molecule has 1 saturated carbocycles. The third kappa shape index (κ3) is 3.72. The first-order valence-electron chi connectivity index (χ1n) is 12.1. The topological polar surface area (TPSA) is 217 Å². The smallest absolute Gasteiger partial charge is 0.313 e. The van der Waals surface area contributed by atoms with Crippen molar-refractivity contribution in [1.29, 1.82) is 0 Å². The largest absolute Gasteiger partial charge is 0.508 e. The van der Waals surface area contributed by atoms with Gasteiger partial charge in [-0.1, -0.05) is 13.8 Å². The normalized spacial score (nSPS) is 26.9. The molecular formula is C25H30N4O9. The number of ketones is 2. The number of carbonyl (C=O) groups excluding carboxylic acids is 3. The zero-order valence-corrected chi connectivity index (χ0v) is 21.3. The molecular weight excluding hydrogens is 500 g/mol. The van der Waals surface area contributed by atoms with Gasteiger partial charge in [0, 0.05) is 29.8 Å². The van der Waals surface area contributed by atoms with Crippen LogP contribution < -0.4 is 11.1 Å². The van der Waals surface area contributed by atoms with E-state index >= 15 is 0 Å². The Labute approximate surface area is 217 Å². The van der Waals surface area contributed by atoms with Gasteiger partial charge in [-0.25, -0.2) is 0 Å². The summed E-state index contributed by atoms with van der Waals surface area (Å²) >= 11 is 0. The summed E-state index contributed by atoms with van der Waals surface area (Å²) in [5.41, 5.74) is 0.838. The number of fused-ring (bicyclic) bond motifs is 3. The van der Waals surface area contributed by atoms with Crippen LogP contribution in [0.1, 0.15) is 31.4 Å². The number of nitrogens with two attached hydrogens (primary N) is 1. The van der Waals surface area contributed by atoms with E-state index in [1.54, 1.807) is 0 Å². The molecule has 204 valence electrons. The molecule has 0 radical (unpaired) electrons. The Morgan fingerprint density at radius 3 is 2.45 bits per heavy atom. The Morgan fingerprint density at radius 1 is 1.29 bits per heavy atom. The fraction of sp³-hybridized carbons (Fsp3) is 0.480. The van der Waals surface area contributed by atoms with Crippen molar-refractivity contribution in [3.63, 3.8) is 0 Å². The molecule has 3 aliphatic carbocycles. The van der Waals surface area contributed by atoms with Gasteiger partial charge < -0.3 is 31.5 Å². The number of hydrogen-bond donors (Lipinski definition) is 6. The number of aliphatic hydroxyl groups excluding tert-OH is 2. The van der Waals surface area contributed by atoms with Crippen LogP contribution in [0.2, 0.25) is 0 Å². The molecule has 4 atom stereocenters. The number of benzene rings is 1. The predicted octanol–water partition coefficient (Wildman–Crippen LogP) is 0.940. The maximum atomic E-state index is 13.8. The first kappa shape index (κ1) is 27.1. The first-order chi connectivity index (χ1) is 17.6. The molecule has 0 aliphatic heterocycles.